The van der Waals surface area contributed by atoms with Gasteiger partial charge in [-0.3, -0.25) is 0 Å². The molecule has 0 fully saturated rings. The molecule has 3 aromatic carbocycles. The molecule has 0 bridgehead atoms. The minimum absolute atomic E-state index is 0.134. The highest BCUT2D eigenvalue weighted by Crippen LogP contribution is 2.38. The van der Waals surface area contributed by atoms with Gasteiger partial charge < -0.3 is 9.26 Å². The van der Waals surface area contributed by atoms with Crippen molar-refractivity contribution < 1.29 is 9.26 Å². The van der Waals surface area contributed by atoms with Gasteiger partial charge in [-0.1, -0.05) is 84.2 Å². The van der Waals surface area contributed by atoms with Gasteiger partial charge in [0, 0.05) is 11.5 Å². The minimum Gasteiger partial charge on any atom is -0.489 e. The Bertz CT molecular complexity index is 1440. The van der Waals surface area contributed by atoms with E-state index in [1.165, 1.54) is 21.6 Å². The number of nitrogens with zero attached hydrogens (tertiary/aromatic N) is 1. The summed E-state index contributed by atoms with van der Waals surface area (Å²) in [7, 11) is 0. The largest absolute Gasteiger partial charge is 0.489 e. The van der Waals surface area contributed by atoms with E-state index in [0.29, 0.717) is 27.9 Å². The molecule has 0 saturated carbocycles. The molecule has 0 atom stereocenters. The van der Waals surface area contributed by atoms with E-state index in [-0.39, 0.29) is 5.92 Å². The molecule has 4 aromatic rings. The van der Waals surface area contributed by atoms with Gasteiger partial charge in [-0.2, -0.15) is 0 Å². The van der Waals surface area contributed by atoms with Gasteiger partial charge >= 0.3 is 0 Å². The second-order valence-electron chi connectivity index (χ2n) is 9.03. The van der Waals surface area contributed by atoms with Crippen LogP contribution in [0.5, 0.6) is 5.75 Å². The molecule has 0 unspecified atom stereocenters. The molecule has 0 saturated heterocycles. The van der Waals surface area contributed by atoms with E-state index in [1.54, 1.807) is 12.1 Å². The molecule has 180 valence electrons. The monoisotopic (exact) mass is 505 g/mol. The number of halogens is 2. The summed E-state index contributed by atoms with van der Waals surface area (Å²) in [4.78, 5) is 0. The van der Waals surface area contributed by atoms with Gasteiger partial charge in [-0.15, -0.1) is 0 Å². The van der Waals surface area contributed by atoms with E-state index in [4.69, 9.17) is 32.5 Å². The third-order valence-electron chi connectivity index (χ3n) is 6.01. The lowest BCUT2D eigenvalue weighted by Gasteiger charge is -2.11. The molecule has 0 N–H and O–H groups in total. The molecule has 0 aliphatic heterocycles. The number of ether oxygens (including phenoxy) is 1. The molecule has 3 nitrogen and oxygen atoms in total. The summed E-state index contributed by atoms with van der Waals surface area (Å²) in [6.07, 6.45) is 2.15. The first-order valence-electron chi connectivity index (χ1n) is 11.7. The zero-order valence-electron chi connectivity index (χ0n) is 20.7. The quantitative estimate of drug-likeness (QED) is 0.266. The Kier molecular flexibility index (Phi) is 7.69. The van der Waals surface area contributed by atoms with Crippen LogP contribution < -0.4 is 15.2 Å². The van der Waals surface area contributed by atoms with Gasteiger partial charge in [-0.25, -0.2) is 0 Å². The molecular weight excluding hydrogens is 477 g/mol. The van der Waals surface area contributed by atoms with E-state index < -0.39 is 0 Å². The molecule has 1 aromatic heterocycles. The summed E-state index contributed by atoms with van der Waals surface area (Å²) >= 11 is 12.9. The number of aromatic nitrogens is 1. The average molecular weight is 506 g/mol. The number of hydrogen-bond donors (Lipinski definition) is 0. The van der Waals surface area contributed by atoms with Gasteiger partial charge in [0.1, 0.15) is 23.8 Å². The summed E-state index contributed by atoms with van der Waals surface area (Å²) in [6, 6.07) is 20.1. The fraction of sp³-hybridized carbons (Fsp3) is 0.233. The fourth-order valence-electron chi connectivity index (χ4n) is 4.17. The van der Waals surface area contributed by atoms with Gasteiger partial charge in [0.2, 0.25) is 0 Å². The molecule has 35 heavy (non-hydrogen) atoms. The van der Waals surface area contributed by atoms with Crippen LogP contribution in [0.3, 0.4) is 0 Å². The summed E-state index contributed by atoms with van der Waals surface area (Å²) in [5, 5.41) is 7.87. The standard InChI is InChI=1S/C30H29Cl2NO2/c1-6-20-16-22(12-15-24(20)18(2)3)21-10-13-23(14-11-21)34-17-25-29(33-35-30(25)19(4)5)28-26(31)8-7-9-27(28)32/h6-16,19H,17H2,1-5H3/b20-6-. The summed E-state index contributed by atoms with van der Waals surface area (Å²) < 4.78 is 11.9. The normalized spacial score (nSPS) is 11.8. The van der Waals surface area contributed by atoms with Gasteiger partial charge in [-0.05, 0) is 72.7 Å². The second-order valence-corrected chi connectivity index (χ2v) is 9.84. The zero-order valence-corrected chi connectivity index (χ0v) is 22.2. The molecule has 0 aliphatic rings. The van der Waals surface area contributed by atoms with E-state index in [1.807, 2.05) is 18.2 Å². The number of hydrogen-bond acceptors (Lipinski definition) is 3. The van der Waals surface area contributed by atoms with Crippen molar-refractivity contribution >= 4 is 34.9 Å². The molecule has 0 aliphatic carbocycles. The molecule has 4 rings (SSSR count). The minimum atomic E-state index is 0.134. The third kappa shape index (κ3) is 5.32. The van der Waals surface area contributed by atoms with E-state index in [2.05, 4.69) is 76.2 Å². The van der Waals surface area contributed by atoms with Crippen molar-refractivity contribution in [2.45, 2.75) is 47.1 Å². The van der Waals surface area contributed by atoms with Gasteiger partial charge in [0.15, 0.2) is 0 Å². The molecule has 1 heterocycles. The smallest absolute Gasteiger partial charge is 0.146 e. The highest BCUT2D eigenvalue weighted by Gasteiger charge is 2.23. The Morgan fingerprint density at radius 3 is 2.23 bits per heavy atom. The molecule has 0 radical (unpaired) electrons. The SMILES string of the molecule is C/C=c1/cc(-c2ccc(OCc3c(-c4c(Cl)cccc4Cl)noc3C(C)C)cc2)ccc1=C(C)C. The Morgan fingerprint density at radius 1 is 0.971 bits per heavy atom. The van der Waals surface area contributed by atoms with Crippen LogP contribution in [0.25, 0.3) is 34.0 Å². The van der Waals surface area contributed by atoms with Crippen molar-refractivity contribution in [3.8, 4) is 28.1 Å². The third-order valence-corrected chi connectivity index (χ3v) is 6.64. The maximum atomic E-state index is 6.46. The summed E-state index contributed by atoms with van der Waals surface area (Å²) in [5.74, 6) is 1.66. The Morgan fingerprint density at radius 2 is 1.63 bits per heavy atom. The first-order valence-corrected chi connectivity index (χ1v) is 12.5. The first-order chi connectivity index (χ1) is 16.8. The lowest BCUT2D eigenvalue weighted by molar-refractivity contribution is 0.298. The Hall–Kier alpha value is -3.01. The summed E-state index contributed by atoms with van der Waals surface area (Å²) in [5.41, 5.74) is 5.74. The lowest BCUT2D eigenvalue weighted by Crippen LogP contribution is -2.25. The van der Waals surface area contributed by atoms with Crippen LogP contribution in [-0.4, -0.2) is 5.16 Å². The number of benzene rings is 3. The maximum absolute atomic E-state index is 6.46. The second kappa shape index (κ2) is 10.7. The number of rotatable bonds is 6. The maximum Gasteiger partial charge on any atom is 0.146 e. The predicted molar refractivity (Wildman–Crippen MR) is 146 cm³/mol. The van der Waals surface area contributed by atoms with Crippen molar-refractivity contribution in [1.29, 1.82) is 0 Å². The Labute approximate surface area is 216 Å². The zero-order chi connectivity index (χ0) is 25.1. The van der Waals surface area contributed by atoms with Crippen LogP contribution in [-0.2, 0) is 6.61 Å². The van der Waals surface area contributed by atoms with Crippen LogP contribution >= 0.6 is 23.2 Å². The van der Waals surface area contributed by atoms with Crippen LogP contribution in [0.1, 0.15) is 51.9 Å². The molecule has 0 amide bonds. The van der Waals surface area contributed by atoms with Crippen LogP contribution in [0.2, 0.25) is 10.0 Å². The van der Waals surface area contributed by atoms with Crippen LogP contribution in [0.15, 0.2) is 65.2 Å². The van der Waals surface area contributed by atoms with E-state index >= 15 is 0 Å². The van der Waals surface area contributed by atoms with Crippen molar-refractivity contribution in [2.75, 3.05) is 0 Å². The fourth-order valence-corrected chi connectivity index (χ4v) is 4.75. The van der Waals surface area contributed by atoms with E-state index in [9.17, 15) is 0 Å². The summed E-state index contributed by atoms with van der Waals surface area (Å²) in [6.45, 7) is 10.8. The lowest BCUT2D eigenvalue weighted by atomic mass is 10.0. The first kappa shape index (κ1) is 25.1. The Balaban J connectivity index is 1.61. The van der Waals surface area contributed by atoms with Crippen LogP contribution in [0.4, 0.5) is 0 Å². The molecule has 5 heteroatoms. The van der Waals surface area contributed by atoms with Crippen molar-refractivity contribution in [2.24, 2.45) is 0 Å². The van der Waals surface area contributed by atoms with Gasteiger partial charge in [0.05, 0.1) is 15.6 Å². The highest BCUT2D eigenvalue weighted by atomic mass is 35.5. The predicted octanol–water partition coefficient (Wildman–Crippen LogP) is 8.01. The average Bonchev–Trinajstić information content (AvgIpc) is 3.26. The van der Waals surface area contributed by atoms with Crippen molar-refractivity contribution in [3.63, 3.8) is 0 Å². The van der Waals surface area contributed by atoms with Crippen LogP contribution in [0, 0.1) is 0 Å². The highest BCUT2D eigenvalue weighted by molar-refractivity contribution is 6.39. The van der Waals surface area contributed by atoms with Gasteiger partial charge in [0.25, 0.3) is 0 Å². The van der Waals surface area contributed by atoms with Crippen molar-refractivity contribution in [3.05, 3.63) is 92.5 Å². The molecule has 0 spiro atoms. The topological polar surface area (TPSA) is 35.3 Å². The van der Waals surface area contributed by atoms with Crippen molar-refractivity contribution in [1.82, 2.24) is 5.16 Å². The van der Waals surface area contributed by atoms with E-state index in [0.717, 1.165) is 22.6 Å². The molecular formula is C30H29Cl2NO2.